The smallest absolute Gasteiger partial charge is 0.225 e. The highest BCUT2D eigenvalue weighted by molar-refractivity contribution is 5.79. The van der Waals surface area contributed by atoms with Crippen molar-refractivity contribution in [3.63, 3.8) is 0 Å². The zero-order valence-corrected chi connectivity index (χ0v) is 11.5. The van der Waals surface area contributed by atoms with Crippen LogP contribution in [0, 0.1) is 11.7 Å². The fourth-order valence-corrected chi connectivity index (χ4v) is 3.20. The lowest BCUT2D eigenvalue weighted by molar-refractivity contribution is -0.127. The van der Waals surface area contributed by atoms with E-state index in [1.807, 2.05) is 12.1 Å². The lowest BCUT2D eigenvalue weighted by Gasteiger charge is -2.32. The molecule has 2 aliphatic rings. The molecule has 0 aromatic heterocycles. The molecule has 1 amide bonds. The molecular formula is C15H19FN2O2. The summed E-state index contributed by atoms with van der Waals surface area (Å²) in [6, 6.07) is 6.84. The van der Waals surface area contributed by atoms with Crippen molar-refractivity contribution >= 4 is 5.91 Å². The van der Waals surface area contributed by atoms with Crippen molar-refractivity contribution in [3.05, 3.63) is 35.6 Å². The second-order valence-electron chi connectivity index (χ2n) is 5.54. The Morgan fingerprint density at radius 3 is 3.00 bits per heavy atom. The Bertz CT molecular complexity index is 508. The molecule has 1 aromatic rings. The van der Waals surface area contributed by atoms with Gasteiger partial charge in [-0.15, -0.1) is 0 Å². The number of nitrogens with zero attached hydrogens (tertiary/aromatic N) is 1. The van der Waals surface area contributed by atoms with Crippen LogP contribution in [0.3, 0.4) is 0 Å². The maximum atomic E-state index is 13.7. The number of nitrogens with one attached hydrogen (secondary N) is 1. The van der Waals surface area contributed by atoms with Gasteiger partial charge in [-0.2, -0.15) is 0 Å². The van der Waals surface area contributed by atoms with Gasteiger partial charge in [-0.25, -0.2) is 4.39 Å². The zero-order chi connectivity index (χ0) is 14.1. The predicted molar refractivity (Wildman–Crippen MR) is 72.5 cm³/mol. The second kappa shape index (κ2) is 5.50. The van der Waals surface area contributed by atoms with E-state index < -0.39 is 0 Å². The molecule has 2 aliphatic heterocycles. The minimum absolute atomic E-state index is 0.0465. The molecule has 0 saturated carbocycles. The number of benzene rings is 1. The van der Waals surface area contributed by atoms with Gasteiger partial charge in [0.1, 0.15) is 5.82 Å². The molecule has 20 heavy (non-hydrogen) atoms. The molecule has 0 radical (unpaired) electrons. The van der Waals surface area contributed by atoms with Crippen molar-refractivity contribution < 1.29 is 13.9 Å². The number of carbonyl (C=O) groups excluding carboxylic acids is 1. The Balaban J connectivity index is 1.67. The molecule has 108 valence electrons. The van der Waals surface area contributed by atoms with Crippen LogP contribution >= 0.6 is 0 Å². The number of ether oxygens (including phenoxy) is 1. The van der Waals surface area contributed by atoms with Crippen LogP contribution in [0.1, 0.15) is 12.0 Å². The van der Waals surface area contributed by atoms with Gasteiger partial charge >= 0.3 is 0 Å². The molecular weight excluding hydrogens is 259 g/mol. The summed E-state index contributed by atoms with van der Waals surface area (Å²) in [5.74, 6) is -0.199. The van der Waals surface area contributed by atoms with Gasteiger partial charge in [-0.1, -0.05) is 18.2 Å². The maximum absolute atomic E-state index is 13.7. The van der Waals surface area contributed by atoms with Crippen LogP contribution < -0.4 is 5.32 Å². The molecule has 2 saturated heterocycles. The number of halogens is 1. The average Bonchev–Trinajstić information content (AvgIpc) is 2.75. The molecule has 0 spiro atoms. The highest BCUT2D eigenvalue weighted by atomic mass is 19.1. The van der Waals surface area contributed by atoms with Gasteiger partial charge in [0.25, 0.3) is 0 Å². The Morgan fingerprint density at radius 2 is 2.25 bits per heavy atom. The summed E-state index contributed by atoms with van der Waals surface area (Å²) in [5, 5.41) is 2.70. The Hall–Kier alpha value is -1.46. The summed E-state index contributed by atoms with van der Waals surface area (Å²) in [5.41, 5.74) is 0.699. The molecule has 1 N–H and O–H groups in total. The molecule has 4 nitrogen and oxygen atoms in total. The maximum Gasteiger partial charge on any atom is 0.225 e. The van der Waals surface area contributed by atoms with E-state index in [1.54, 1.807) is 13.1 Å². The van der Waals surface area contributed by atoms with E-state index in [0.29, 0.717) is 18.7 Å². The number of fused-ring (bicyclic) bond motifs is 2. The van der Waals surface area contributed by atoms with Gasteiger partial charge in [0.2, 0.25) is 5.91 Å². The largest absolute Gasteiger partial charge is 0.371 e. The van der Waals surface area contributed by atoms with E-state index in [0.717, 1.165) is 13.0 Å². The number of rotatable bonds is 3. The van der Waals surface area contributed by atoms with Crippen LogP contribution in [0.2, 0.25) is 0 Å². The van der Waals surface area contributed by atoms with Gasteiger partial charge < -0.3 is 10.1 Å². The minimum Gasteiger partial charge on any atom is -0.371 e. The number of amides is 1. The van der Waals surface area contributed by atoms with Gasteiger partial charge in [-0.3, -0.25) is 9.69 Å². The quantitative estimate of drug-likeness (QED) is 0.902. The Morgan fingerprint density at radius 1 is 1.45 bits per heavy atom. The first-order valence-corrected chi connectivity index (χ1v) is 7.00. The summed E-state index contributed by atoms with van der Waals surface area (Å²) < 4.78 is 19.5. The van der Waals surface area contributed by atoms with E-state index in [2.05, 4.69) is 10.2 Å². The summed E-state index contributed by atoms with van der Waals surface area (Å²) >= 11 is 0. The molecule has 1 aromatic carbocycles. The first kappa shape index (κ1) is 13.5. The first-order valence-electron chi connectivity index (χ1n) is 7.00. The number of morpholine rings is 1. The van der Waals surface area contributed by atoms with E-state index in [4.69, 9.17) is 4.74 Å². The third-order valence-electron chi connectivity index (χ3n) is 4.17. The lowest BCUT2D eigenvalue weighted by atomic mass is 10.00. The third kappa shape index (κ3) is 2.55. The van der Waals surface area contributed by atoms with Gasteiger partial charge in [-0.05, 0) is 12.5 Å². The van der Waals surface area contributed by atoms with Crippen molar-refractivity contribution in [2.24, 2.45) is 5.92 Å². The zero-order valence-electron chi connectivity index (χ0n) is 11.5. The Kier molecular flexibility index (Phi) is 3.72. The van der Waals surface area contributed by atoms with E-state index in [-0.39, 0.29) is 29.9 Å². The molecule has 3 unspecified atom stereocenters. The van der Waals surface area contributed by atoms with Crippen molar-refractivity contribution in [1.29, 1.82) is 0 Å². The van der Waals surface area contributed by atoms with Crippen molar-refractivity contribution in [1.82, 2.24) is 10.2 Å². The SMILES string of the molecule is CNC(=O)C1CC2CN(Cc3ccccc3F)CC1O2. The summed E-state index contributed by atoms with van der Waals surface area (Å²) in [7, 11) is 1.65. The minimum atomic E-state index is -0.172. The predicted octanol–water partition coefficient (Wildman–Crippen LogP) is 1.16. The average molecular weight is 278 g/mol. The van der Waals surface area contributed by atoms with E-state index in [9.17, 15) is 9.18 Å². The van der Waals surface area contributed by atoms with Gasteiger partial charge in [0.15, 0.2) is 0 Å². The molecule has 2 heterocycles. The van der Waals surface area contributed by atoms with E-state index in [1.165, 1.54) is 6.07 Å². The van der Waals surface area contributed by atoms with Gasteiger partial charge in [0, 0.05) is 32.2 Å². The van der Waals surface area contributed by atoms with Crippen LogP contribution in [-0.4, -0.2) is 43.2 Å². The topological polar surface area (TPSA) is 41.6 Å². The van der Waals surface area contributed by atoms with Crippen LogP contribution in [0.4, 0.5) is 4.39 Å². The van der Waals surface area contributed by atoms with Crippen molar-refractivity contribution in [2.45, 2.75) is 25.2 Å². The van der Waals surface area contributed by atoms with E-state index >= 15 is 0 Å². The van der Waals surface area contributed by atoms with Crippen molar-refractivity contribution in [3.8, 4) is 0 Å². The van der Waals surface area contributed by atoms with Crippen LogP contribution in [-0.2, 0) is 16.1 Å². The second-order valence-corrected chi connectivity index (χ2v) is 5.54. The highest BCUT2D eigenvalue weighted by Crippen LogP contribution is 2.32. The van der Waals surface area contributed by atoms with Crippen LogP contribution in [0.5, 0.6) is 0 Å². The highest BCUT2D eigenvalue weighted by Gasteiger charge is 2.44. The number of carbonyl (C=O) groups is 1. The molecule has 0 aliphatic carbocycles. The third-order valence-corrected chi connectivity index (χ3v) is 4.17. The molecule has 3 rings (SSSR count). The molecule has 5 heteroatoms. The summed E-state index contributed by atoms with van der Waals surface area (Å²) in [6.45, 7) is 2.02. The standard InChI is InChI=1S/C15H19FN2O2/c1-17-15(19)12-6-11-8-18(9-14(12)20-11)7-10-4-2-3-5-13(10)16/h2-5,11-12,14H,6-9H2,1H3,(H,17,19). The Labute approximate surface area is 117 Å². The monoisotopic (exact) mass is 278 g/mol. The number of hydrogen-bond acceptors (Lipinski definition) is 3. The molecule has 2 bridgehead atoms. The summed E-state index contributed by atoms with van der Waals surface area (Å²) in [6.07, 6.45) is 0.779. The summed E-state index contributed by atoms with van der Waals surface area (Å²) in [4.78, 5) is 14.0. The fraction of sp³-hybridized carbons (Fsp3) is 0.533. The van der Waals surface area contributed by atoms with Crippen LogP contribution in [0.25, 0.3) is 0 Å². The molecule has 2 fully saturated rings. The normalized spacial score (nSPS) is 29.4. The lowest BCUT2D eigenvalue weighted by Crippen LogP contribution is -2.44. The molecule has 3 atom stereocenters. The van der Waals surface area contributed by atoms with Gasteiger partial charge in [0.05, 0.1) is 18.1 Å². The fourth-order valence-electron chi connectivity index (χ4n) is 3.20. The number of hydrogen-bond donors (Lipinski definition) is 1. The first-order chi connectivity index (χ1) is 9.67. The number of likely N-dealkylation sites (tertiary alicyclic amines) is 1. The van der Waals surface area contributed by atoms with Crippen molar-refractivity contribution in [2.75, 3.05) is 20.1 Å². The van der Waals surface area contributed by atoms with Crippen LogP contribution in [0.15, 0.2) is 24.3 Å².